The fourth-order valence-electron chi connectivity index (χ4n) is 4.12. The van der Waals surface area contributed by atoms with Gasteiger partial charge in [0.2, 0.25) is 5.91 Å². The van der Waals surface area contributed by atoms with Crippen molar-refractivity contribution in [1.82, 2.24) is 19.7 Å². The van der Waals surface area contributed by atoms with Crippen LogP contribution in [0.25, 0.3) is 5.69 Å². The van der Waals surface area contributed by atoms with Crippen molar-refractivity contribution < 1.29 is 18.7 Å². The lowest BCUT2D eigenvalue weighted by molar-refractivity contribution is -0.131. The average molecular weight is 500 g/mol. The first-order chi connectivity index (χ1) is 17.0. The molecule has 10 heteroatoms. The molecule has 4 rings (SSSR count). The van der Waals surface area contributed by atoms with Gasteiger partial charge in [-0.3, -0.25) is 9.36 Å². The lowest BCUT2D eigenvalue weighted by Gasteiger charge is -2.33. The smallest absolute Gasteiger partial charge is 0.233 e. The topological polar surface area (TPSA) is 81.5 Å². The summed E-state index contributed by atoms with van der Waals surface area (Å²) in [5, 5.41) is 12.6. The lowest BCUT2D eigenvalue weighted by Crippen LogP contribution is -2.43. The van der Waals surface area contributed by atoms with Crippen molar-refractivity contribution in [3.63, 3.8) is 0 Å². The molecule has 1 saturated heterocycles. The first kappa shape index (κ1) is 24.8. The average Bonchev–Trinajstić information content (AvgIpc) is 3.29. The summed E-state index contributed by atoms with van der Waals surface area (Å²) in [6.45, 7) is 3.25. The van der Waals surface area contributed by atoms with Gasteiger partial charge >= 0.3 is 0 Å². The van der Waals surface area contributed by atoms with Crippen LogP contribution in [0, 0.1) is 5.82 Å². The highest BCUT2D eigenvalue weighted by atomic mass is 32.2. The van der Waals surface area contributed by atoms with Crippen molar-refractivity contribution in [3.8, 4) is 17.2 Å². The zero-order chi connectivity index (χ0) is 24.8. The van der Waals surface area contributed by atoms with E-state index in [1.54, 1.807) is 32.4 Å². The third kappa shape index (κ3) is 6.05. The molecule has 8 nitrogen and oxygen atoms in total. The number of nitrogens with one attached hydrogen (secondary N) is 1. The Hall–Kier alpha value is -3.27. The van der Waals surface area contributed by atoms with Crippen molar-refractivity contribution in [2.45, 2.75) is 43.9 Å². The monoisotopic (exact) mass is 499 g/mol. The van der Waals surface area contributed by atoms with Crippen LogP contribution in [0.2, 0.25) is 0 Å². The zero-order valence-corrected chi connectivity index (χ0v) is 21.0. The molecule has 1 N–H and O–H groups in total. The van der Waals surface area contributed by atoms with E-state index < -0.39 is 0 Å². The first-order valence-corrected chi connectivity index (χ1v) is 12.6. The highest BCUT2D eigenvalue weighted by Gasteiger charge is 2.24. The Kier molecular flexibility index (Phi) is 8.12. The highest BCUT2D eigenvalue weighted by molar-refractivity contribution is 7.99. The van der Waals surface area contributed by atoms with Gasteiger partial charge in [-0.15, -0.1) is 10.2 Å². The number of piperidine rings is 1. The summed E-state index contributed by atoms with van der Waals surface area (Å²) in [7, 11) is 3.19. The number of rotatable bonds is 9. The predicted molar refractivity (Wildman–Crippen MR) is 134 cm³/mol. The number of hydrogen-bond donors (Lipinski definition) is 1. The van der Waals surface area contributed by atoms with Crippen LogP contribution >= 0.6 is 11.8 Å². The number of ether oxygens (including phenoxy) is 2. The Morgan fingerprint density at radius 1 is 1.11 bits per heavy atom. The maximum Gasteiger partial charge on any atom is 0.233 e. The molecule has 186 valence electrons. The van der Waals surface area contributed by atoms with Gasteiger partial charge in [0.1, 0.15) is 17.3 Å². The molecule has 3 aromatic rings. The predicted octanol–water partition coefficient (Wildman–Crippen LogP) is 4.53. The van der Waals surface area contributed by atoms with Gasteiger partial charge in [-0.1, -0.05) is 11.8 Å². The minimum absolute atomic E-state index is 0.103. The van der Waals surface area contributed by atoms with E-state index in [9.17, 15) is 9.18 Å². The Bertz CT molecular complexity index is 1130. The molecule has 2 heterocycles. The van der Waals surface area contributed by atoms with E-state index in [4.69, 9.17) is 9.47 Å². The number of benzene rings is 2. The van der Waals surface area contributed by atoms with Crippen LogP contribution in [0.3, 0.4) is 0 Å². The molecule has 0 saturated carbocycles. The van der Waals surface area contributed by atoms with E-state index >= 15 is 0 Å². The minimum Gasteiger partial charge on any atom is -0.497 e. The SMILES string of the molecule is COc1cc(OC)cc(-n2c(CNc3ccc(F)cc3)nnc2SCC(=O)N2CCCCC2C)c1. The Balaban J connectivity index is 1.60. The largest absolute Gasteiger partial charge is 0.497 e. The molecule has 0 bridgehead atoms. The van der Waals surface area contributed by atoms with Crippen molar-refractivity contribution in [3.05, 3.63) is 54.1 Å². The Morgan fingerprint density at radius 2 is 1.83 bits per heavy atom. The fourth-order valence-corrected chi connectivity index (χ4v) is 4.97. The molecular weight excluding hydrogens is 469 g/mol. The molecule has 1 aromatic heterocycles. The molecule has 1 fully saturated rings. The van der Waals surface area contributed by atoms with Crippen LogP contribution in [0.5, 0.6) is 11.5 Å². The molecule has 0 aliphatic carbocycles. The van der Waals surface area contributed by atoms with E-state index in [1.165, 1.54) is 23.9 Å². The summed E-state index contributed by atoms with van der Waals surface area (Å²) >= 11 is 1.36. The van der Waals surface area contributed by atoms with Crippen LogP contribution in [0.4, 0.5) is 10.1 Å². The molecule has 1 aliphatic rings. The van der Waals surface area contributed by atoms with Crippen molar-refractivity contribution in [2.24, 2.45) is 0 Å². The minimum atomic E-state index is -0.298. The number of nitrogens with zero attached hydrogens (tertiary/aromatic N) is 4. The number of anilines is 1. The van der Waals surface area contributed by atoms with Gasteiger partial charge in [-0.2, -0.15) is 0 Å². The van der Waals surface area contributed by atoms with Crippen molar-refractivity contribution in [2.75, 3.05) is 31.8 Å². The third-order valence-electron chi connectivity index (χ3n) is 6.04. The molecule has 1 unspecified atom stereocenters. The second-order valence-corrected chi connectivity index (χ2v) is 9.33. The van der Waals surface area contributed by atoms with Gasteiger partial charge in [-0.25, -0.2) is 4.39 Å². The number of carbonyl (C=O) groups excluding carboxylic acids is 1. The number of hydrogen-bond acceptors (Lipinski definition) is 7. The van der Waals surface area contributed by atoms with Crippen LogP contribution in [0.1, 0.15) is 32.0 Å². The number of methoxy groups -OCH3 is 2. The van der Waals surface area contributed by atoms with Crippen molar-refractivity contribution >= 4 is 23.4 Å². The number of halogens is 1. The molecule has 1 aliphatic heterocycles. The van der Waals surface area contributed by atoms with Gasteiger partial charge in [0.25, 0.3) is 0 Å². The number of amides is 1. The summed E-state index contributed by atoms with van der Waals surface area (Å²) in [4.78, 5) is 14.9. The first-order valence-electron chi connectivity index (χ1n) is 11.6. The van der Waals surface area contributed by atoms with Gasteiger partial charge < -0.3 is 19.7 Å². The molecule has 0 spiro atoms. The molecule has 1 atom stereocenters. The van der Waals surface area contributed by atoms with E-state index in [2.05, 4.69) is 22.4 Å². The highest BCUT2D eigenvalue weighted by Crippen LogP contribution is 2.30. The summed E-state index contributed by atoms with van der Waals surface area (Å²) in [5.74, 6) is 1.96. The van der Waals surface area contributed by atoms with Crippen LogP contribution in [0.15, 0.2) is 47.6 Å². The van der Waals surface area contributed by atoms with Crippen LogP contribution < -0.4 is 14.8 Å². The lowest BCUT2D eigenvalue weighted by atomic mass is 10.0. The van der Waals surface area contributed by atoms with E-state index in [-0.39, 0.29) is 23.5 Å². The number of thioether (sulfide) groups is 1. The number of likely N-dealkylation sites (tertiary alicyclic amines) is 1. The zero-order valence-electron chi connectivity index (χ0n) is 20.2. The van der Waals surface area contributed by atoms with Crippen LogP contribution in [-0.2, 0) is 11.3 Å². The van der Waals surface area contributed by atoms with Gasteiger partial charge in [-0.05, 0) is 50.5 Å². The van der Waals surface area contributed by atoms with Crippen LogP contribution in [-0.4, -0.2) is 58.1 Å². The number of carbonyl (C=O) groups is 1. The quantitative estimate of drug-likeness (QED) is 0.433. The van der Waals surface area contributed by atoms with E-state index in [0.717, 1.165) is 37.2 Å². The molecule has 1 amide bonds. The Morgan fingerprint density at radius 3 is 2.49 bits per heavy atom. The van der Waals surface area contributed by atoms with Gasteiger partial charge in [0.05, 0.1) is 32.2 Å². The maximum absolute atomic E-state index is 13.3. The summed E-state index contributed by atoms with van der Waals surface area (Å²) < 4.78 is 26.1. The van der Waals surface area contributed by atoms with E-state index in [1.807, 2.05) is 21.6 Å². The van der Waals surface area contributed by atoms with Gasteiger partial charge in [0, 0.05) is 36.5 Å². The Labute approximate surface area is 208 Å². The second kappa shape index (κ2) is 11.4. The molecule has 35 heavy (non-hydrogen) atoms. The van der Waals surface area contributed by atoms with Crippen molar-refractivity contribution in [1.29, 1.82) is 0 Å². The van der Waals surface area contributed by atoms with E-state index in [0.29, 0.717) is 29.0 Å². The maximum atomic E-state index is 13.3. The normalized spacial score (nSPS) is 15.7. The standard InChI is InChI=1S/C25H30FN5O3S/c1-17-6-4-5-11-30(17)24(32)16-35-25-29-28-23(15-27-19-9-7-18(26)8-10-19)31(25)20-12-21(33-2)14-22(13-20)34-3/h7-10,12-14,17,27H,4-6,11,15-16H2,1-3H3. The molecular formula is C25H30FN5O3S. The molecule has 0 radical (unpaired) electrons. The summed E-state index contributed by atoms with van der Waals surface area (Å²) in [5.41, 5.74) is 1.51. The van der Waals surface area contributed by atoms with Gasteiger partial charge in [0.15, 0.2) is 11.0 Å². The second-order valence-electron chi connectivity index (χ2n) is 8.39. The summed E-state index contributed by atoms with van der Waals surface area (Å²) in [6.07, 6.45) is 3.24. The summed E-state index contributed by atoms with van der Waals surface area (Å²) in [6, 6.07) is 11.9. The third-order valence-corrected chi connectivity index (χ3v) is 6.95. The number of aromatic nitrogens is 3. The molecule has 2 aromatic carbocycles. The fraction of sp³-hybridized carbons (Fsp3) is 0.400.